The quantitative estimate of drug-likeness (QED) is 0.675. The highest BCUT2D eigenvalue weighted by atomic mass is 16.4. The molecule has 0 aliphatic heterocycles. The van der Waals surface area contributed by atoms with Gasteiger partial charge in [-0.1, -0.05) is 24.3 Å². The van der Waals surface area contributed by atoms with Gasteiger partial charge in [-0.25, -0.2) is 9.78 Å². The molecule has 0 spiro atoms. The van der Waals surface area contributed by atoms with Crippen LogP contribution in [0.4, 0.5) is 5.82 Å². The molecule has 0 fully saturated rings. The minimum absolute atomic E-state index is 0.185. The van der Waals surface area contributed by atoms with Gasteiger partial charge >= 0.3 is 5.97 Å². The Morgan fingerprint density at radius 1 is 1.19 bits per heavy atom. The molecule has 0 radical (unpaired) electrons. The van der Waals surface area contributed by atoms with Gasteiger partial charge in [0.05, 0.1) is 5.56 Å². The molecule has 0 saturated carbocycles. The van der Waals surface area contributed by atoms with Crippen LogP contribution < -0.4 is 11.1 Å². The molecule has 2 aromatic rings. The number of anilines is 1. The first kappa shape index (κ1) is 14.8. The van der Waals surface area contributed by atoms with Crippen LogP contribution >= 0.6 is 0 Å². The normalized spacial score (nSPS) is 10.5. The van der Waals surface area contributed by atoms with E-state index in [4.69, 9.17) is 10.8 Å². The molecule has 110 valence electrons. The summed E-state index contributed by atoms with van der Waals surface area (Å²) in [5.74, 6) is -0.647. The van der Waals surface area contributed by atoms with Crippen molar-refractivity contribution >= 4 is 28.5 Å². The summed E-state index contributed by atoms with van der Waals surface area (Å²) in [4.78, 5) is 26.0. The van der Waals surface area contributed by atoms with E-state index in [0.717, 1.165) is 11.8 Å². The Balaban J connectivity index is 2.12. The van der Waals surface area contributed by atoms with E-state index in [1.54, 1.807) is 12.1 Å². The number of hydrogen-bond donors (Lipinski definition) is 3. The molecule has 0 aliphatic rings. The molecule has 0 unspecified atom stereocenters. The van der Waals surface area contributed by atoms with Crippen LogP contribution in [0.5, 0.6) is 0 Å². The zero-order valence-electron chi connectivity index (χ0n) is 11.5. The number of rotatable bonds is 7. The number of carbonyl (C=O) groups is 2. The molecule has 1 heterocycles. The molecular weight excluding hydrogens is 270 g/mol. The minimum atomic E-state index is -0.994. The molecule has 2 rings (SSSR count). The maximum Gasteiger partial charge on any atom is 0.337 e. The van der Waals surface area contributed by atoms with Crippen LogP contribution in [0.25, 0.3) is 10.8 Å². The van der Waals surface area contributed by atoms with Crippen molar-refractivity contribution in [2.45, 2.75) is 19.3 Å². The first-order chi connectivity index (χ1) is 10.1. The number of benzene rings is 1. The van der Waals surface area contributed by atoms with Crippen molar-refractivity contribution in [2.75, 3.05) is 11.9 Å². The van der Waals surface area contributed by atoms with E-state index >= 15 is 0 Å². The van der Waals surface area contributed by atoms with Gasteiger partial charge < -0.3 is 16.2 Å². The van der Waals surface area contributed by atoms with Crippen LogP contribution in [0.3, 0.4) is 0 Å². The number of carbonyl (C=O) groups excluding carboxylic acids is 1. The van der Waals surface area contributed by atoms with Crippen LogP contribution in [0.15, 0.2) is 30.5 Å². The Labute approximate surface area is 122 Å². The fourth-order valence-corrected chi connectivity index (χ4v) is 2.13. The number of aromatic nitrogens is 1. The second-order valence-electron chi connectivity index (χ2n) is 4.72. The summed E-state index contributed by atoms with van der Waals surface area (Å²) in [5.41, 5.74) is 5.26. The third kappa shape index (κ3) is 3.68. The molecule has 6 heteroatoms. The van der Waals surface area contributed by atoms with E-state index < -0.39 is 5.97 Å². The Morgan fingerprint density at radius 3 is 2.57 bits per heavy atom. The lowest BCUT2D eigenvalue weighted by Gasteiger charge is -2.10. The summed E-state index contributed by atoms with van der Waals surface area (Å²) in [6.45, 7) is 0.649. The first-order valence-corrected chi connectivity index (χ1v) is 6.73. The minimum Gasteiger partial charge on any atom is -0.478 e. The van der Waals surface area contributed by atoms with Crippen LogP contribution in [0.1, 0.15) is 29.6 Å². The van der Waals surface area contributed by atoms with Gasteiger partial charge in [0.1, 0.15) is 5.82 Å². The summed E-state index contributed by atoms with van der Waals surface area (Å²) in [7, 11) is 0. The number of aromatic carboxylic acids is 1. The number of carboxylic acids is 1. The summed E-state index contributed by atoms with van der Waals surface area (Å²) >= 11 is 0. The monoisotopic (exact) mass is 287 g/mol. The highest BCUT2D eigenvalue weighted by molar-refractivity contribution is 6.06. The van der Waals surface area contributed by atoms with Crippen molar-refractivity contribution < 1.29 is 14.7 Å². The van der Waals surface area contributed by atoms with Crippen LogP contribution in [-0.4, -0.2) is 28.5 Å². The third-order valence-electron chi connectivity index (χ3n) is 3.17. The smallest absolute Gasteiger partial charge is 0.337 e. The lowest BCUT2D eigenvalue weighted by Crippen LogP contribution is -2.11. The molecule has 1 aromatic carbocycles. The molecule has 0 bridgehead atoms. The SMILES string of the molecule is NC(=O)CCCCNc1ncc(C(=O)O)c2ccccc12. The molecule has 1 amide bonds. The molecular formula is C15H17N3O3. The number of hydrogen-bond acceptors (Lipinski definition) is 4. The topological polar surface area (TPSA) is 105 Å². The third-order valence-corrected chi connectivity index (χ3v) is 3.17. The van der Waals surface area contributed by atoms with E-state index in [1.807, 2.05) is 12.1 Å². The standard InChI is InChI=1S/C15H17N3O3/c16-13(19)7-3-4-8-17-14-11-6-2-1-5-10(11)12(9-18-14)15(20)21/h1-2,5-6,9H,3-4,7-8H2,(H2,16,19)(H,17,18)(H,20,21). The molecule has 4 N–H and O–H groups in total. The fraction of sp³-hybridized carbons (Fsp3) is 0.267. The van der Waals surface area contributed by atoms with E-state index in [-0.39, 0.29) is 11.5 Å². The number of fused-ring (bicyclic) bond motifs is 1. The summed E-state index contributed by atoms with van der Waals surface area (Å²) in [5, 5.41) is 13.8. The lowest BCUT2D eigenvalue weighted by atomic mass is 10.1. The molecule has 21 heavy (non-hydrogen) atoms. The first-order valence-electron chi connectivity index (χ1n) is 6.73. The van der Waals surface area contributed by atoms with Crippen LogP contribution in [0, 0.1) is 0 Å². The zero-order chi connectivity index (χ0) is 15.2. The van der Waals surface area contributed by atoms with Crippen LogP contribution in [0.2, 0.25) is 0 Å². The van der Waals surface area contributed by atoms with E-state index in [0.29, 0.717) is 30.6 Å². The summed E-state index contributed by atoms with van der Waals surface area (Å²) in [6.07, 6.45) is 3.23. The largest absolute Gasteiger partial charge is 0.478 e. The summed E-state index contributed by atoms with van der Waals surface area (Å²) in [6, 6.07) is 7.23. The van der Waals surface area contributed by atoms with Gasteiger partial charge in [0.2, 0.25) is 5.91 Å². The van der Waals surface area contributed by atoms with E-state index in [2.05, 4.69) is 10.3 Å². The number of nitrogens with zero attached hydrogens (tertiary/aromatic N) is 1. The maximum absolute atomic E-state index is 11.2. The Bertz CT molecular complexity index is 670. The maximum atomic E-state index is 11.2. The predicted molar refractivity (Wildman–Crippen MR) is 80.2 cm³/mol. The van der Waals surface area contributed by atoms with Gasteiger partial charge in [0.15, 0.2) is 0 Å². The molecule has 0 aliphatic carbocycles. The number of nitrogens with one attached hydrogen (secondary N) is 1. The number of carboxylic acid groups (broad SMARTS) is 1. The van der Waals surface area contributed by atoms with Crippen LogP contribution in [-0.2, 0) is 4.79 Å². The van der Waals surface area contributed by atoms with Gasteiger partial charge in [-0.3, -0.25) is 4.79 Å². The highest BCUT2D eigenvalue weighted by Crippen LogP contribution is 2.24. The summed E-state index contributed by atoms with van der Waals surface area (Å²) < 4.78 is 0. The molecule has 6 nitrogen and oxygen atoms in total. The van der Waals surface area contributed by atoms with Gasteiger partial charge in [0, 0.05) is 29.9 Å². The predicted octanol–water partition coefficient (Wildman–Crippen LogP) is 2.00. The van der Waals surface area contributed by atoms with Gasteiger partial charge in [-0.2, -0.15) is 0 Å². The van der Waals surface area contributed by atoms with Crippen molar-refractivity contribution in [2.24, 2.45) is 5.73 Å². The van der Waals surface area contributed by atoms with E-state index in [1.165, 1.54) is 6.20 Å². The van der Waals surface area contributed by atoms with Crippen molar-refractivity contribution in [1.82, 2.24) is 4.98 Å². The second-order valence-corrected chi connectivity index (χ2v) is 4.72. The van der Waals surface area contributed by atoms with Crippen molar-refractivity contribution in [3.8, 4) is 0 Å². The molecule has 1 aromatic heterocycles. The van der Waals surface area contributed by atoms with Gasteiger partial charge in [-0.05, 0) is 12.8 Å². The molecule has 0 atom stereocenters. The Morgan fingerprint density at radius 2 is 1.90 bits per heavy atom. The second kappa shape index (κ2) is 6.69. The van der Waals surface area contributed by atoms with Crippen molar-refractivity contribution in [1.29, 1.82) is 0 Å². The lowest BCUT2D eigenvalue weighted by molar-refractivity contribution is -0.118. The average molecular weight is 287 g/mol. The molecule has 0 saturated heterocycles. The van der Waals surface area contributed by atoms with Gasteiger partial charge in [-0.15, -0.1) is 0 Å². The highest BCUT2D eigenvalue weighted by Gasteiger charge is 2.11. The number of primary amides is 1. The average Bonchev–Trinajstić information content (AvgIpc) is 2.46. The van der Waals surface area contributed by atoms with Crippen molar-refractivity contribution in [3.63, 3.8) is 0 Å². The Kier molecular flexibility index (Phi) is 4.71. The van der Waals surface area contributed by atoms with Gasteiger partial charge in [0.25, 0.3) is 0 Å². The van der Waals surface area contributed by atoms with Crippen molar-refractivity contribution in [3.05, 3.63) is 36.0 Å². The number of unbranched alkanes of at least 4 members (excludes halogenated alkanes) is 1. The van der Waals surface area contributed by atoms with E-state index in [9.17, 15) is 9.59 Å². The Hall–Kier alpha value is -2.63. The number of nitrogens with two attached hydrogens (primary N) is 1. The fourth-order valence-electron chi connectivity index (χ4n) is 2.13. The number of pyridine rings is 1. The number of amides is 1. The zero-order valence-corrected chi connectivity index (χ0v) is 11.5.